The number of anilines is 2. The van der Waals surface area contributed by atoms with Crippen molar-refractivity contribution in [1.82, 2.24) is 4.98 Å². The molecule has 1 aliphatic heterocycles. The molecule has 5 aliphatic rings. The molecule has 1 saturated heterocycles. The maximum absolute atomic E-state index is 13.3. The van der Waals surface area contributed by atoms with Gasteiger partial charge in [-0.2, -0.15) is 0 Å². The van der Waals surface area contributed by atoms with Crippen LogP contribution in [0.25, 0.3) is 10.9 Å². The zero-order valence-corrected chi connectivity index (χ0v) is 21.7. The summed E-state index contributed by atoms with van der Waals surface area (Å²) in [7, 11) is 0. The Morgan fingerprint density at radius 3 is 2.26 bits per heavy atom. The number of nitrogens with one attached hydrogen (secondary N) is 1. The summed E-state index contributed by atoms with van der Waals surface area (Å²) in [5, 5.41) is 4.37. The highest BCUT2D eigenvalue weighted by molar-refractivity contribution is 6.02. The highest BCUT2D eigenvalue weighted by Crippen LogP contribution is 2.61. The summed E-state index contributed by atoms with van der Waals surface area (Å²) in [4.78, 5) is 20.6. The number of aromatic nitrogens is 1. The third-order valence-electron chi connectivity index (χ3n) is 8.89. The number of carbonyl (C=O) groups excluding carboxylic acids is 1. The first-order chi connectivity index (χ1) is 15.5. The van der Waals surface area contributed by atoms with Crippen LogP contribution in [-0.4, -0.2) is 30.0 Å². The molecule has 1 aromatic carbocycles. The van der Waals surface area contributed by atoms with E-state index in [4.69, 9.17) is 10.7 Å². The van der Waals surface area contributed by atoms with E-state index in [1.165, 1.54) is 38.5 Å². The molecule has 34 heavy (non-hydrogen) atoms. The van der Waals surface area contributed by atoms with Crippen LogP contribution < -0.4 is 16.0 Å². The van der Waals surface area contributed by atoms with Gasteiger partial charge in [-0.1, -0.05) is 6.07 Å². The summed E-state index contributed by atoms with van der Waals surface area (Å²) in [5.41, 5.74) is 9.33. The van der Waals surface area contributed by atoms with E-state index in [2.05, 4.69) is 41.4 Å². The van der Waals surface area contributed by atoms with Crippen LogP contribution in [-0.2, 0) is 4.79 Å². The Labute approximate surface area is 215 Å². The Hall–Kier alpha value is -1.56. The number of nitrogens with zero attached hydrogens (tertiary/aromatic N) is 2. The molecule has 1 aromatic heterocycles. The molecule has 186 valence electrons. The van der Waals surface area contributed by atoms with Gasteiger partial charge >= 0.3 is 0 Å². The lowest BCUT2D eigenvalue weighted by atomic mass is 9.49. The van der Waals surface area contributed by atoms with Gasteiger partial charge in [0, 0.05) is 30.9 Å². The highest BCUT2D eigenvalue weighted by atomic mass is 35.5. The van der Waals surface area contributed by atoms with E-state index in [0.717, 1.165) is 71.7 Å². The first-order valence-corrected chi connectivity index (χ1v) is 12.7. The predicted octanol–water partition coefficient (Wildman–Crippen LogP) is 5.86. The predicted molar refractivity (Wildman–Crippen MR) is 144 cm³/mol. The van der Waals surface area contributed by atoms with Crippen molar-refractivity contribution in [3.8, 4) is 0 Å². The molecule has 5 nitrogen and oxygen atoms in total. The van der Waals surface area contributed by atoms with Gasteiger partial charge in [0.05, 0.1) is 11.2 Å². The van der Waals surface area contributed by atoms with Crippen molar-refractivity contribution in [2.45, 2.75) is 70.8 Å². The largest absolute Gasteiger partial charge is 0.356 e. The average Bonchev–Trinajstić information content (AvgIpc) is 2.74. The van der Waals surface area contributed by atoms with E-state index < -0.39 is 0 Å². The van der Waals surface area contributed by atoms with Gasteiger partial charge in [-0.25, -0.2) is 4.98 Å². The molecule has 7 heteroatoms. The summed E-state index contributed by atoms with van der Waals surface area (Å²) in [6.07, 6.45) is 10.8. The van der Waals surface area contributed by atoms with Crippen molar-refractivity contribution < 1.29 is 4.79 Å². The number of hydrogen-bond donors (Lipinski definition) is 2. The standard InChI is InChI=1S/C27H36N4O.2ClH/c1-17-2-4-23-22(3-5-24(29-23)31-8-6-21(28)7-9-31)26(17)30-25(32)16-27-13-18-10-19(14-27)12-20(11-18)15-27;;/h2-5,18-21H,6-16,28H2,1H3,(H,30,32);2*1H. The molecule has 0 radical (unpaired) electrons. The van der Waals surface area contributed by atoms with E-state index in [-0.39, 0.29) is 36.1 Å². The fourth-order valence-electron chi connectivity index (χ4n) is 7.80. The van der Waals surface area contributed by atoms with Crippen LogP contribution in [0.15, 0.2) is 24.3 Å². The second-order valence-corrected chi connectivity index (χ2v) is 11.5. The fraction of sp³-hybridized carbons (Fsp3) is 0.630. The van der Waals surface area contributed by atoms with Crippen molar-refractivity contribution in [1.29, 1.82) is 0 Å². The van der Waals surface area contributed by atoms with Gasteiger partial charge in [0.15, 0.2) is 0 Å². The number of nitrogens with two attached hydrogens (primary N) is 1. The maximum Gasteiger partial charge on any atom is 0.224 e. The van der Waals surface area contributed by atoms with Crippen molar-refractivity contribution in [2.24, 2.45) is 28.9 Å². The normalized spacial score (nSPS) is 30.1. The monoisotopic (exact) mass is 504 g/mol. The number of benzene rings is 1. The topological polar surface area (TPSA) is 71.2 Å². The zero-order valence-electron chi connectivity index (χ0n) is 20.1. The van der Waals surface area contributed by atoms with Gasteiger partial charge in [0.25, 0.3) is 0 Å². The third-order valence-corrected chi connectivity index (χ3v) is 8.89. The van der Waals surface area contributed by atoms with Crippen LogP contribution in [0, 0.1) is 30.1 Å². The van der Waals surface area contributed by atoms with E-state index >= 15 is 0 Å². The number of piperidine rings is 1. The Balaban J connectivity index is 0.00000137. The minimum Gasteiger partial charge on any atom is -0.356 e. The van der Waals surface area contributed by atoms with E-state index in [1.54, 1.807) is 0 Å². The third kappa shape index (κ3) is 4.76. The summed E-state index contributed by atoms with van der Waals surface area (Å²) in [6, 6.07) is 8.72. The highest BCUT2D eigenvalue weighted by Gasteiger charge is 2.51. The lowest BCUT2D eigenvalue weighted by Gasteiger charge is -2.56. The number of amides is 1. The molecular formula is C27H38Cl2N4O. The number of halogens is 2. The summed E-state index contributed by atoms with van der Waals surface area (Å²) in [5.74, 6) is 3.83. The van der Waals surface area contributed by atoms with Crippen LogP contribution in [0.3, 0.4) is 0 Å². The lowest BCUT2D eigenvalue weighted by Crippen LogP contribution is -2.47. The summed E-state index contributed by atoms with van der Waals surface area (Å²) in [6.45, 7) is 4.00. The molecule has 5 fully saturated rings. The van der Waals surface area contributed by atoms with Gasteiger partial charge in [-0.3, -0.25) is 4.79 Å². The van der Waals surface area contributed by atoms with Crippen LogP contribution in [0.5, 0.6) is 0 Å². The Kier molecular flexibility index (Phi) is 7.38. The van der Waals surface area contributed by atoms with Crippen molar-refractivity contribution in [3.05, 3.63) is 29.8 Å². The fourth-order valence-corrected chi connectivity index (χ4v) is 7.80. The second-order valence-electron chi connectivity index (χ2n) is 11.5. The van der Waals surface area contributed by atoms with Gasteiger partial charge < -0.3 is 16.0 Å². The number of fused-ring (bicyclic) bond motifs is 1. The minimum absolute atomic E-state index is 0. The van der Waals surface area contributed by atoms with Gasteiger partial charge in [0.1, 0.15) is 5.82 Å². The molecule has 2 heterocycles. The van der Waals surface area contributed by atoms with Crippen LogP contribution in [0.1, 0.15) is 63.4 Å². The van der Waals surface area contributed by atoms with Crippen molar-refractivity contribution in [2.75, 3.05) is 23.3 Å². The molecular weight excluding hydrogens is 467 g/mol. The molecule has 3 N–H and O–H groups in total. The SMILES string of the molecule is Cc1ccc2nc(N3CCC(N)CC3)ccc2c1NC(=O)CC12CC3CC(CC(C3)C1)C2.Cl.Cl. The quantitative estimate of drug-likeness (QED) is 0.546. The van der Waals surface area contributed by atoms with E-state index in [9.17, 15) is 4.79 Å². The van der Waals surface area contributed by atoms with Crippen LogP contribution in [0.2, 0.25) is 0 Å². The smallest absolute Gasteiger partial charge is 0.224 e. The van der Waals surface area contributed by atoms with Crippen LogP contribution in [0.4, 0.5) is 11.5 Å². The minimum atomic E-state index is 0. The first-order valence-electron chi connectivity index (χ1n) is 12.7. The Morgan fingerprint density at radius 1 is 1.03 bits per heavy atom. The van der Waals surface area contributed by atoms with Crippen molar-refractivity contribution in [3.63, 3.8) is 0 Å². The summed E-state index contributed by atoms with van der Waals surface area (Å²) < 4.78 is 0. The molecule has 0 atom stereocenters. The Morgan fingerprint density at radius 2 is 1.65 bits per heavy atom. The number of rotatable bonds is 4. The molecule has 4 aliphatic carbocycles. The van der Waals surface area contributed by atoms with E-state index in [0.29, 0.717) is 12.5 Å². The number of carbonyl (C=O) groups is 1. The molecule has 4 bridgehead atoms. The van der Waals surface area contributed by atoms with Gasteiger partial charge in [-0.15, -0.1) is 24.8 Å². The van der Waals surface area contributed by atoms with Gasteiger partial charge in [0.2, 0.25) is 5.91 Å². The Bertz CT molecular complexity index is 1020. The molecule has 1 amide bonds. The molecule has 4 saturated carbocycles. The maximum atomic E-state index is 13.3. The molecule has 0 spiro atoms. The van der Waals surface area contributed by atoms with Gasteiger partial charge in [-0.05, 0) is 105 Å². The van der Waals surface area contributed by atoms with Crippen molar-refractivity contribution >= 4 is 53.1 Å². The second kappa shape index (κ2) is 9.83. The number of hydrogen-bond acceptors (Lipinski definition) is 4. The molecule has 2 aromatic rings. The first kappa shape index (κ1) is 25.5. The summed E-state index contributed by atoms with van der Waals surface area (Å²) >= 11 is 0. The van der Waals surface area contributed by atoms with E-state index in [1.807, 2.05) is 0 Å². The molecule has 0 unspecified atom stereocenters. The lowest BCUT2D eigenvalue weighted by molar-refractivity contribution is -0.124. The number of pyridine rings is 1. The zero-order chi connectivity index (χ0) is 21.9. The average molecular weight is 506 g/mol. The molecule has 7 rings (SSSR count). The number of aryl methyl sites for hydroxylation is 1. The van der Waals surface area contributed by atoms with Crippen LogP contribution >= 0.6 is 24.8 Å².